The first-order chi connectivity index (χ1) is 10.3. The van der Waals surface area contributed by atoms with Gasteiger partial charge in [0.25, 0.3) is 0 Å². The van der Waals surface area contributed by atoms with Crippen molar-refractivity contribution in [2.45, 2.75) is 57.9 Å². The molecule has 0 radical (unpaired) electrons. The standard InChI is InChI=1S/C18H35N3/c1-2-20-11-8-16(9-12-20)14-21-13-10-19-18(15-21)17-6-4-3-5-7-17/h16-19H,2-15H2,1H3. The van der Waals surface area contributed by atoms with Crippen LogP contribution >= 0.6 is 0 Å². The minimum absolute atomic E-state index is 0.787. The van der Waals surface area contributed by atoms with E-state index in [0.717, 1.165) is 17.9 Å². The molecule has 1 unspecified atom stereocenters. The summed E-state index contributed by atoms with van der Waals surface area (Å²) in [5.74, 6) is 1.92. The van der Waals surface area contributed by atoms with Crippen LogP contribution in [0, 0.1) is 11.8 Å². The molecule has 0 aromatic rings. The fraction of sp³-hybridized carbons (Fsp3) is 1.00. The summed E-state index contributed by atoms with van der Waals surface area (Å²) in [7, 11) is 0. The third-order valence-corrected chi connectivity index (χ3v) is 6.18. The Labute approximate surface area is 131 Å². The van der Waals surface area contributed by atoms with Crippen LogP contribution in [0.1, 0.15) is 51.9 Å². The number of piperidine rings is 1. The van der Waals surface area contributed by atoms with E-state index in [4.69, 9.17) is 0 Å². The Balaban J connectivity index is 1.43. The van der Waals surface area contributed by atoms with Gasteiger partial charge in [-0.1, -0.05) is 26.2 Å². The van der Waals surface area contributed by atoms with Gasteiger partial charge < -0.3 is 15.1 Å². The second-order valence-corrected chi connectivity index (χ2v) is 7.60. The van der Waals surface area contributed by atoms with Crippen LogP contribution in [0.3, 0.4) is 0 Å². The molecule has 0 bridgehead atoms. The van der Waals surface area contributed by atoms with Crippen molar-refractivity contribution in [3.8, 4) is 0 Å². The van der Waals surface area contributed by atoms with Gasteiger partial charge in [0.2, 0.25) is 0 Å². The molecule has 2 aliphatic heterocycles. The highest BCUT2D eigenvalue weighted by molar-refractivity contribution is 4.87. The highest BCUT2D eigenvalue weighted by Crippen LogP contribution is 2.28. The lowest BCUT2D eigenvalue weighted by atomic mass is 9.83. The second kappa shape index (κ2) is 7.94. The summed E-state index contributed by atoms with van der Waals surface area (Å²) in [6.45, 7) is 11.4. The van der Waals surface area contributed by atoms with Crippen LogP contribution in [0.2, 0.25) is 0 Å². The molecule has 0 spiro atoms. The van der Waals surface area contributed by atoms with E-state index in [9.17, 15) is 0 Å². The monoisotopic (exact) mass is 293 g/mol. The van der Waals surface area contributed by atoms with Gasteiger partial charge in [0.1, 0.15) is 0 Å². The van der Waals surface area contributed by atoms with E-state index in [-0.39, 0.29) is 0 Å². The number of rotatable bonds is 4. The third-order valence-electron chi connectivity index (χ3n) is 6.18. The topological polar surface area (TPSA) is 18.5 Å². The van der Waals surface area contributed by atoms with Crippen molar-refractivity contribution in [3.05, 3.63) is 0 Å². The molecular weight excluding hydrogens is 258 g/mol. The number of hydrogen-bond donors (Lipinski definition) is 1. The maximum atomic E-state index is 3.82. The van der Waals surface area contributed by atoms with E-state index in [2.05, 4.69) is 22.0 Å². The first-order valence-electron chi connectivity index (χ1n) is 9.53. The zero-order chi connectivity index (χ0) is 14.5. The summed E-state index contributed by atoms with van der Waals surface area (Å²) in [6.07, 6.45) is 10.2. The molecule has 0 aromatic heterocycles. The van der Waals surface area contributed by atoms with Crippen LogP contribution < -0.4 is 5.32 Å². The number of piperazine rings is 1. The van der Waals surface area contributed by atoms with Crippen LogP contribution in [0.15, 0.2) is 0 Å². The molecule has 3 heteroatoms. The molecule has 1 aliphatic carbocycles. The van der Waals surface area contributed by atoms with Gasteiger partial charge in [0.15, 0.2) is 0 Å². The molecule has 1 atom stereocenters. The second-order valence-electron chi connectivity index (χ2n) is 7.60. The first-order valence-corrected chi connectivity index (χ1v) is 9.53. The third kappa shape index (κ3) is 4.43. The highest BCUT2D eigenvalue weighted by Gasteiger charge is 2.29. The van der Waals surface area contributed by atoms with E-state index >= 15 is 0 Å². The van der Waals surface area contributed by atoms with Crippen LogP contribution in [-0.4, -0.2) is 61.7 Å². The quantitative estimate of drug-likeness (QED) is 0.859. The minimum Gasteiger partial charge on any atom is -0.311 e. The number of nitrogens with zero attached hydrogens (tertiary/aromatic N) is 2. The van der Waals surface area contributed by atoms with E-state index in [1.807, 2.05) is 0 Å². The first kappa shape index (κ1) is 15.8. The molecule has 3 fully saturated rings. The number of hydrogen-bond acceptors (Lipinski definition) is 3. The maximum Gasteiger partial charge on any atom is 0.0223 e. The predicted molar refractivity (Wildman–Crippen MR) is 89.6 cm³/mol. The average Bonchev–Trinajstić information content (AvgIpc) is 2.57. The Morgan fingerprint density at radius 1 is 0.905 bits per heavy atom. The van der Waals surface area contributed by atoms with Crippen molar-refractivity contribution in [2.75, 3.05) is 45.8 Å². The van der Waals surface area contributed by atoms with Crippen molar-refractivity contribution in [1.29, 1.82) is 0 Å². The molecule has 3 aliphatic rings. The summed E-state index contributed by atoms with van der Waals surface area (Å²) < 4.78 is 0. The normalized spacial score (nSPS) is 31.6. The maximum absolute atomic E-state index is 3.82. The predicted octanol–water partition coefficient (Wildman–Crippen LogP) is 2.57. The van der Waals surface area contributed by atoms with Crippen molar-refractivity contribution in [3.63, 3.8) is 0 Å². The summed E-state index contributed by atoms with van der Waals surface area (Å²) in [5.41, 5.74) is 0. The Kier molecular flexibility index (Phi) is 5.96. The molecule has 0 amide bonds. The minimum atomic E-state index is 0.787. The Bertz CT molecular complexity index is 293. The molecule has 3 nitrogen and oxygen atoms in total. The van der Waals surface area contributed by atoms with Gasteiger partial charge in [-0.2, -0.15) is 0 Å². The molecule has 1 saturated carbocycles. The van der Waals surface area contributed by atoms with Crippen LogP contribution in [0.4, 0.5) is 0 Å². The molecule has 122 valence electrons. The molecule has 2 heterocycles. The van der Waals surface area contributed by atoms with Gasteiger partial charge in [-0.05, 0) is 57.2 Å². The summed E-state index contributed by atoms with van der Waals surface area (Å²) in [4.78, 5) is 5.39. The van der Waals surface area contributed by atoms with Gasteiger partial charge in [0, 0.05) is 32.2 Å². The molecule has 2 saturated heterocycles. The van der Waals surface area contributed by atoms with Gasteiger partial charge in [0.05, 0.1) is 0 Å². The van der Waals surface area contributed by atoms with Crippen molar-refractivity contribution in [2.24, 2.45) is 11.8 Å². The smallest absolute Gasteiger partial charge is 0.0223 e. The van der Waals surface area contributed by atoms with Gasteiger partial charge in [-0.25, -0.2) is 0 Å². The Morgan fingerprint density at radius 2 is 1.67 bits per heavy atom. The molecular formula is C18H35N3. The highest BCUT2D eigenvalue weighted by atomic mass is 15.2. The number of likely N-dealkylation sites (tertiary alicyclic amines) is 1. The number of nitrogens with one attached hydrogen (secondary N) is 1. The largest absolute Gasteiger partial charge is 0.311 e. The lowest BCUT2D eigenvalue weighted by Crippen LogP contribution is -2.55. The molecule has 1 N–H and O–H groups in total. The summed E-state index contributed by atoms with van der Waals surface area (Å²) in [5, 5.41) is 3.82. The lowest BCUT2D eigenvalue weighted by molar-refractivity contribution is 0.105. The van der Waals surface area contributed by atoms with Crippen molar-refractivity contribution in [1.82, 2.24) is 15.1 Å². The van der Waals surface area contributed by atoms with Gasteiger partial charge >= 0.3 is 0 Å². The Morgan fingerprint density at radius 3 is 2.38 bits per heavy atom. The van der Waals surface area contributed by atoms with E-state index in [1.165, 1.54) is 90.8 Å². The zero-order valence-electron chi connectivity index (χ0n) is 14.0. The fourth-order valence-electron chi connectivity index (χ4n) is 4.71. The summed E-state index contributed by atoms with van der Waals surface area (Å²) in [6, 6.07) is 0.787. The van der Waals surface area contributed by atoms with Crippen molar-refractivity contribution < 1.29 is 0 Å². The summed E-state index contributed by atoms with van der Waals surface area (Å²) >= 11 is 0. The average molecular weight is 293 g/mol. The van der Waals surface area contributed by atoms with Crippen molar-refractivity contribution >= 4 is 0 Å². The Hall–Kier alpha value is -0.120. The van der Waals surface area contributed by atoms with Crippen LogP contribution in [0.5, 0.6) is 0 Å². The lowest BCUT2D eigenvalue weighted by Gasteiger charge is -2.41. The van der Waals surface area contributed by atoms with E-state index in [1.54, 1.807) is 0 Å². The van der Waals surface area contributed by atoms with Gasteiger partial charge in [-0.15, -0.1) is 0 Å². The molecule has 0 aromatic carbocycles. The van der Waals surface area contributed by atoms with Gasteiger partial charge in [-0.3, -0.25) is 0 Å². The zero-order valence-corrected chi connectivity index (χ0v) is 14.0. The molecule has 21 heavy (non-hydrogen) atoms. The SMILES string of the molecule is CCN1CCC(CN2CCNC(C3CCCCC3)C2)CC1. The van der Waals surface area contributed by atoms with E-state index < -0.39 is 0 Å². The molecule has 3 rings (SSSR count). The van der Waals surface area contributed by atoms with E-state index in [0.29, 0.717) is 0 Å². The van der Waals surface area contributed by atoms with Crippen LogP contribution in [-0.2, 0) is 0 Å². The van der Waals surface area contributed by atoms with Crippen LogP contribution in [0.25, 0.3) is 0 Å². The fourth-order valence-corrected chi connectivity index (χ4v) is 4.71.